The molecule has 1 saturated heterocycles. The van der Waals surface area contributed by atoms with E-state index in [-0.39, 0.29) is 12.5 Å². The van der Waals surface area contributed by atoms with Crippen molar-refractivity contribution in [2.24, 2.45) is 0 Å². The van der Waals surface area contributed by atoms with Crippen molar-refractivity contribution in [3.8, 4) is 0 Å². The van der Waals surface area contributed by atoms with Crippen LogP contribution in [0.25, 0.3) is 0 Å². The number of nitrogens with one attached hydrogen (secondary N) is 1. The fraction of sp³-hybridized carbons (Fsp3) is 0.917. The molecule has 7 atom stereocenters. The van der Waals surface area contributed by atoms with Crippen molar-refractivity contribution in [3.05, 3.63) is 24.3 Å². The van der Waals surface area contributed by atoms with Gasteiger partial charge in [0.25, 0.3) is 0 Å². The van der Waals surface area contributed by atoms with Crippen LogP contribution in [0.5, 0.6) is 0 Å². The lowest BCUT2D eigenvalue weighted by Gasteiger charge is -2.40. The van der Waals surface area contributed by atoms with Crippen LogP contribution in [0.3, 0.4) is 0 Å². The summed E-state index contributed by atoms with van der Waals surface area (Å²) in [7, 11) is 0. The number of allylic oxidation sites excluding steroid dienone is 3. The summed E-state index contributed by atoms with van der Waals surface area (Å²) < 4.78 is 11.2. The van der Waals surface area contributed by atoms with Crippen LogP contribution in [0.15, 0.2) is 24.3 Å². The van der Waals surface area contributed by atoms with E-state index in [1.54, 1.807) is 6.08 Å². The second kappa shape index (κ2) is 50.2. The van der Waals surface area contributed by atoms with E-state index in [1.807, 2.05) is 6.08 Å². The molecule has 1 rings (SSSR count). The highest BCUT2D eigenvalue weighted by molar-refractivity contribution is 5.76. The first-order chi connectivity index (χ1) is 33.8. The van der Waals surface area contributed by atoms with Crippen LogP contribution in [0, 0.1) is 0 Å². The third-order valence-corrected chi connectivity index (χ3v) is 14.5. The summed E-state index contributed by atoms with van der Waals surface area (Å²) in [4.78, 5) is 13.0. The van der Waals surface area contributed by atoms with Crippen LogP contribution in [-0.4, -0.2) is 87.5 Å². The third-order valence-electron chi connectivity index (χ3n) is 14.5. The highest BCUT2D eigenvalue weighted by Gasteiger charge is 2.44. The summed E-state index contributed by atoms with van der Waals surface area (Å²) in [6.07, 6.45) is 57.4. The molecule has 9 heteroatoms. The second-order valence-electron chi connectivity index (χ2n) is 21.1. The van der Waals surface area contributed by atoms with Gasteiger partial charge >= 0.3 is 0 Å². The number of rotatable bonds is 52. The summed E-state index contributed by atoms with van der Waals surface area (Å²) in [5.74, 6) is -0.184. The number of hydrogen-bond donors (Lipinski definition) is 6. The number of hydrogen-bond acceptors (Lipinski definition) is 8. The fourth-order valence-corrected chi connectivity index (χ4v) is 9.76. The van der Waals surface area contributed by atoms with Crippen molar-refractivity contribution in [2.45, 2.75) is 339 Å². The zero-order valence-electron chi connectivity index (χ0n) is 45.3. The topological polar surface area (TPSA) is 149 Å². The number of carbonyl (C=O) groups is 1. The minimum atomic E-state index is -1.57. The van der Waals surface area contributed by atoms with Gasteiger partial charge in [-0.25, -0.2) is 0 Å². The molecule has 0 aromatic heterocycles. The molecule has 0 aliphatic carbocycles. The molecule has 0 aromatic carbocycles. The molecule has 1 amide bonds. The molecule has 408 valence electrons. The molecule has 0 saturated carbocycles. The maximum atomic E-state index is 13.0. The zero-order valence-corrected chi connectivity index (χ0v) is 45.3. The van der Waals surface area contributed by atoms with E-state index in [0.717, 1.165) is 38.5 Å². The average molecular weight is 979 g/mol. The molecule has 1 aliphatic rings. The zero-order chi connectivity index (χ0) is 50.1. The van der Waals surface area contributed by atoms with E-state index >= 15 is 0 Å². The summed E-state index contributed by atoms with van der Waals surface area (Å²) in [6, 6.07) is -0.816. The van der Waals surface area contributed by atoms with Gasteiger partial charge in [-0.05, 0) is 32.1 Å². The summed E-state index contributed by atoms with van der Waals surface area (Å²) >= 11 is 0. The number of ether oxygens (including phenoxy) is 2. The molecule has 69 heavy (non-hydrogen) atoms. The minimum Gasteiger partial charge on any atom is -0.394 e. The number of aliphatic hydroxyl groups is 5. The van der Waals surface area contributed by atoms with Crippen molar-refractivity contribution in [3.63, 3.8) is 0 Å². The molecular weight excluding hydrogens is 863 g/mol. The Morgan fingerprint density at radius 2 is 0.826 bits per heavy atom. The predicted molar refractivity (Wildman–Crippen MR) is 290 cm³/mol. The van der Waals surface area contributed by atoms with Crippen LogP contribution in [0.4, 0.5) is 0 Å². The van der Waals surface area contributed by atoms with Gasteiger partial charge in [0, 0.05) is 6.42 Å². The van der Waals surface area contributed by atoms with Crippen LogP contribution in [0.1, 0.15) is 296 Å². The van der Waals surface area contributed by atoms with Gasteiger partial charge in [-0.3, -0.25) is 4.79 Å². The monoisotopic (exact) mass is 978 g/mol. The van der Waals surface area contributed by atoms with Gasteiger partial charge in [-0.2, -0.15) is 0 Å². The van der Waals surface area contributed by atoms with Crippen LogP contribution >= 0.6 is 0 Å². The number of aliphatic hydroxyl groups excluding tert-OH is 5. The molecule has 1 aliphatic heterocycles. The first kappa shape index (κ1) is 65.7. The largest absolute Gasteiger partial charge is 0.394 e. The quantitative estimate of drug-likeness (QED) is 0.0261. The molecule has 7 unspecified atom stereocenters. The standard InChI is InChI=1S/C60H115NO8/c1-3-5-7-9-11-13-14-15-16-17-18-19-20-21-22-23-24-25-26-27-28-29-30-31-32-33-34-35-36-37-38-39-40-42-44-46-48-50-56(64)61-53(54(63)49-47-45-43-41-12-10-8-6-4-2)52-68-60-59(67)58(66)57(65)55(51-62)69-60/h12,41,47,49,53-55,57-60,62-63,65-67H,3-11,13-40,42-46,48,50-52H2,1-2H3,(H,61,64)/b41-12+,49-47+. The first-order valence-electron chi connectivity index (χ1n) is 30.1. The average Bonchev–Trinajstić information content (AvgIpc) is 3.35. The Morgan fingerprint density at radius 1 is 0.478 bits per heavy atom. The minimum absolute atomic E-state index is 0.184. The number of unbranched alkanes of at least 4 members (excludes halogenated alkanes) is 40. The second-order valence-corrected chi connectivity index (χ2v) is 21.1. The van der Waals surface area contributed by atoms with Gasteiger partial charge in [0.1, 0.15) is 24.4 Å². The van der Waals surface area contributed by atoms with Crippen molar-refractivity contribution < 1.29 is 39.8 Å². The molecule has 0 radical (unpaired) electrons. The summed E-state index contributed by atoms with van der Waals surface area (Å²) in [5, 5.41) is 54.2. The van der Waals surface area contributed by atoms with Gasteiger partial charge in [0.05, 0.1) is 25.4 Å². The normalized spacial score (nSPS) is 19.6. The summed E-state index contributed by atoms with van der Waals surface area (Å²) in [5.41, 5.74) is 0. The van der Waals surface area contributed by atoms with Crippen LogP contribution < -0.4 is 5.32 Å². The third kappa shape index (κ3) is 39.8. The highest BCUT2D eigenvalue weighted by atomic mass is 16.7. The van der Waals surface area contributed by atoms with E-state index < -0.39 is 49.5 Å². The fourth-order valence-electron chi connectivity index (χ4n) is 9.76. The molecule has 0 spiro atoms. The smallest absolute Gasteiger partial charge is 0.220 e. The molecule has 1 fully saturated rings. The van der Waals surface area contributed by atoms with Gasteiger partial charge in [0.15, 0.2) is 6.29 Å². The van der Waals surface area contributed by atoms with Crippen LogP contribution in [0.2, 0.25) is 0 Å². The van der Waals surface area contributed by atoms with Gasteiger partial charge < -0.3 is 40.3 Å². The van der Waals surface area contributed by atoms with Gasteiger partial charge in [-0.1, -0.05) is 282 Å². The maximum absolute atomic E-state index is 13.0. The Hall–Kier alpha value is -1.33. The SMILES string of the molecule is CCCCC/C=C/CC/C=C/C(O)C(COC1OC(CO)C(O)C(O)C1O)NC(=O)CCCCCCCCCCCCCCCCCCCCCCCCCCCCCCCCCCCCCCC. The predicted octanol–water partition coefficient (Wildman–Crippen LogP) is 15.0. The van der Waals surface area contributed by atoms with Crippen molar-refractivity contribution in [2.75, 3.05) is 13.2 Å². The lowest BCUT2D eigenvalue weighted by atomic mass is 9.99. The lowest BCUT2D eigenvalue weighted by molar-refractivity contribution is -0.302. The van der Waals surface area contributed by atoms with E-state index in [0.29, 0.717) is 6.42 Å². The molecule has 0 bridgehead atoms. The molecule has 9 nitrogen and oxygen atoms in total. The lowest BCUT2D eigenvalue weighted by Crippen LogP contribution is -2.60. The number of carbonyl (C=O) groups excluding carboxylic acids is 1. The highest BCUT2D eigenvalue weighted by Crippen LogP contribution is 2.23. The van der Waals surface area contributed by atoms with Crippen LogP contribution in [-0.2, 0) is 14.3 Å². The Bertz CT molecular complexity index is 1130. The number of amides is 1. The molecular formula is C60H115NO8. The Labute approximate surface area is 426 Å². The summed E-state index contributed by atoms with van der Waals surface area (Å²) in [6.45, 7) is 3.73. The van der Waals surface area contributed by atoms with Crippen molar-refractivity contribution in [1.29, 1.82) is 0 Å². The van der Waals surface area contributed by atoms with E-state index in [9.17, 15) is 30.3 Å². The van der Waals surface area contributed by atoms with Crippen molar-refractivity contribution in [1.82, 2.24) is 5.32 Å². The van der Waals surface area contributed by atoms with E-state index in [2.05, 4.69) is 31.3 Å². The Balaban J connectivity index is 1.99. The first-order valence-corrected chi connectivity index (χ1v) is 30.1. The maximum Gasteiger partial charge on any atom is 0.220 e. The van der Waals surface area contributed by atoms with Gasteiger partial charge in [-0.15, -0.1) is 0 Å². The Morgan fingerprint density at radius 3 is 1.22 bits per heavy atom. The van der Waals surface area contributed by atoms with Gasteiger partial charge in [0.2, 0.25) is 5.91 Å². The molecule has 0 aromatic rings. The molecule has 6 N–H and O–H groups in total. The van der Waals surface area contributed by atoms with Crippen molar-refractivity contribution >= 4 is 5.91 Å². The Kier molecular flexibility index (Phi) is 47.8. The van der Waals surface area contributed by atoms with E-state index in [4.69, 9.17) is 9.47 Å². The van der Waals surface area contributed by atoms with E-state index in [1.165, 1.54) is 238 Å². The molecule has 1 heterocycles.